The number of pyridine rings is 1. The van der Waals surface area contributed by atoms with Gasteiger partial charge in [0, 0.05) is 18.0 Å². The fourth-order valence-electron chi connectivity index (χ4n) is 1.84. The van der Waals surface area contributed by atoms with E-state index in [-0.39, 0.29) is 17.9 Å². The van der Waals surface area contributed by atoms with Crippen LogP contribution in [0.25, 0.3) is 0 Å². The normalized spacial score (nSPS) is 10.4. The SMILES string of the molecule is O=C(COC(=O)Cn1ccccc1=O)Nc1ccc(OC(F)F)cc1. The molecule has 25 heavy (non-hydrogen) atoms. The third-order valence-electron chi connectivity index (χ3n) is 2.93. The molecule has 0 fully saturated rings. The summed E-state index contributed by atoms with van der Waals surface area (Å²) in [5.41, 5.74) is -0.0445. The second-order valence-electron chi connectivity index (χ2n) is 4.78. The molecule has 0 aliphatic carbocycles. The van der Waals surface area contributed by atoms with Crippen molar-refractivity contribution in [2.45, 2.75) is 13.2 Å². The van der Waals surface area contributed by atoms with Crippen molar-refractivity contribution in [3.05, 3.63) is 59.0 Å². The van der Waals surface area contributed by atoms with Crippen molar-refractivity contribution in [1.29, 1.82) is 0 Å². The molecule has 132 valence electrons. The fraction of sp³-hybridized carbons (Fsp3) is 0.188. The van der Waals surface area contributed by atoms with Gasteiger partial charge in [-0.05, 0) is 30.3 Å². The smallest absolute Gasteiger partial charge is 0.387 e. The molecule has 0 saturated carbocycles. The number of benzene rings is 1. The maximum Gasteiger partial charge on any atom is 0.387 e. The average Bonchev–Trinajstić information content (AvgIpc) is 2.56. The number of hydrogen-bond acceptors (Lipinski definition) is 5. The Hall–Kier alpha value is -3.23. The molecule has 1 amide bonds. The molecule has 1 aromatic heterocycles. The number of anilines is 1. The molecule has 0 bridgehead atoms. The van der Waals surface area contributed by atoms with Crippen molar-refractivity contribution in [3.8, 4) is 5.75 Å². The molecule has 0 atom stereocenters. The zero-order valence-corrected chi connectivity index (χ0v) is 12.9. The highest BCUT2D eigenvalue weighted by atomic mass is 19.3. The number of alkyl halides is 2. The number of rotatable bonds is 7. The minimum Gasteiger partial charge on any atom is -0.454 e. The standard InChI is InChI=1S/C16H14F2N2O5/c17-16(18)25-12-6-4-11(5-7-12)19-13(21)10-24-15(23)9-20-8-2-1-3-14(20)22/h1-8,16H,9-10H2,(H,19,21). The minimum atomic E-state index is -2.93. The quantitative estimate of drug-likeness (QED) is 0.766. The average molecular weight is 352 g/mol. The zero-order chi connectivity index (χ0) is 18.2. The highest BCUT2D eigenvalue weighted by Crippen LogP contribution is 2.17. The van der Waals surface area contributed by atoms with E-state index in [0.717, 1.165) is 4.57 Å². The van der Waals surface area contributed by atoms with Crippen LogP contribution in [-0.2, 0) is 20.9 Å². The highest BCUT2D eigenvalue weighted by Gasteiger charge is 2.10. The number of halogens is 2. The lowest BCUT2D eigenvalue weighted by atomic mass is 10.3. The van der Waals surface area contributed by atoms with Crippen molar-refractivity contribution >= 4 is 17.6 Å². The first-order valence-corrected chi connectivity index (χ1v) is 7.10. The van der Waals surface area contributed by atoms with Crippen molar-refractivity contribution < 1.29 is 27.8 Å². The van der Waals surface area contributed by atoms with Gasteiger partial charge in [-0.3, -0.25) is 14.4 Å². The summed E-state index contributed by atoms with van der Waals surface area (Å²) < 4.78 is 34.1. The summed E-state index contributed by atoms with van der Waals surface area (Å²) in [5.74, 6) is -1.41. The first-order chi connectivity index (χ1) is 11.9. The van der Waals surface area contributed by atoms with Crippen LogP contribution < -0.4 is 15.6 Å². The summed E-state index contributed by atoms with van der Waals surface area (Å²) in [5, 5.41) is 2.43. The van der Waals surface area contributed by atoms with E-state index < -0.39 is 25.1 Å². The maximum absolute atomic E-state index is 12.0. The van der Waals surface area contributed by atoms with Gasteiger partial charge >= 0.3 is 12.6 Å². The van der Waals surface area contributed by atoms with Gasteiger partial charge in [0.2, 0.25) is 0 Å². The summed E-state index contributed by atoms with van der Waals surface area (Å²) >= 11 is 0. The Labute approximate surface area is 140 Å². The number of hydrogen-bond donors (Lipinski definition) is 1. The van der Waals surface area contributed by atoms with Gasteiger partial charge in [0.15, 0.2) is 6.61 Å². The molecule has 0 aliphatic heterocycles. The van der Waals surface area contributed by atoms with Crippen LogP contribution in [0.1, 0.15) is 0 Å². The summed E-state index contributed by atoms with van der Waals surface area (Å²) in [6, 6.07) is 9.66. The topological polar surface area (TPSA) is 86.6 Å². The van der Waals surface area contributed by atoms with E-state index in [9.17, 15) is 23.2 Å². The van der Waals surface area contributed by atoms with Gasteiger partial charge in [0.05, 0.1) is 0 Å². The van der Waals surface area contributed by atoms with Crippen LogP contribution in [0.3, 0.4) is 0 Å². The third-order valence-corrected chi connectivity index (χ3v) is 2.93. The number of carbonyl (C=O) groups is 2. The number of carbonyl (C=O) groups excluding carboxylic acids is 2. The lowest BCUT2D eigenvalue weighted by Gasteiger charge is -2.09. The molecule has 0 spiro atoms. The Bertz CT molecular complexity index is 790. The van der Waals surface area contributed by atoms with E-state index >= 15 is 0 Å². The molecule has 0 aliphatic rings. The van der Waals surface area contributed by atoms with E-state index in [1.807, 2.05) is 0 Å². The van der Waals surface area contributed by atoms with Crippen molar-refractivity contribution in [2.24, 2.45) is 0 Å². The van der Waals surface area contributed by atoms with Crippen LogP contribution in [0.4, 0.5) is 14.5 Å². The van der Waals surface area contributed by atoms with E-state index in [4.69, 9.17) is 4.74 Å². The Kier molecular flexibility index (Phi) is 6.21. The maximum atomic E-state index is 12.0. The van der Waals surface area contributed by atoms with Crippen LogP contribution in [0.5, 0.6) is 5.75 Å². The van der Waals surface area contributed by atoms with Gasteiger partial charge in [-0.25, -0.2) is 0 Å². The monoisotopic (exact) mass is 352 g/mol. The molecule has 2 rings (SSSR count). The van der Waals surface area contributed by atoms with Gasteiger partial charge in [0.25, 0.3) is 11.5 Å². The van der Waals surface area contributed by atoms with Gasteiger partial charge in [-0.2, -0.15) is 8.78 Å². The zero-order valence-electron chi connectivity index (χ0n) is 12.9. The number of nitrogens with one attached hydrogen (secondary N) is 1. The van der Waals surface area contributed by atoms with Crippen LogP contribution in [-0.4, -0.2) is 29.7 Å². The van der Waals surface area contributed by atoms with E-state index in [0.29, 0.717) is 5.69 Å². The second kappa shape index (κ2) is 8.57. The van der Waals surface area contributed by atoms with Crippen LogP contribution in [0.15, 0.2) is 53.5 Å². The molecular weight excluding hydrogens is 338 g/mol. The fourth-order valence-corrected chi connectivity index (χ4v) is 1.84. The third kappa shape index (κ3) is 6.05. The summed E-state index contributed by atoms with van der Waals surface area (Å²) in [6.45, 7) is -3.79. The summed E-state index contributed by atoms with van der Waals surface area (Å²) in [4.78, 5) is 34.8. The summed E-state index contributed by atoms with van der Waals surface area (Å²) in [6.07, 6.45) is 1.42. The van der Waals surface area contributed by atoms with E-state index in [1.165, 1.54) is 42.6 Å². The molecule has 1 heterocycles. The molecule has 0 radical (unpaired) electrons. The lowest BCUT2D eigenvalue weighted by molar-refractivity contribution is -0.147. The number of esters is 1. The molecule has 7 nitrogen and oxygen atoms in total. The molecule has 0 unspecified atom stereocenters. The second-order valence-corrected chi connectivity index (χ2v) is 4.78. The van der Waals surface area contributed by atoms with Crippen molar-refractivity contribution in [2.75, 3.05) is 11.9 Å². The van der Waals surface area contributed by atoms with Crippen LogP contribution in [0.2, 0.25) is 0 Å². The molecule has 1 aromatic carbocycles. The Balaban J connectivity index is 1.79. The van der Waals surface area contributed by atoms with Crippen molar-refractivity contribution in [1.82, 2.24) is 4.57 Å². The van der Waals surface area contributed by atoms with Gasteiger partial charge in [0.1, 0.15) is 12.3 Å². The number of amides is 1. The predicted octanol–water partition coefficient (Wildman–Crippen LogP) is 1.63. The molecule has 9 heteroatoms. The van der Waals surface area contributed by atoms with Crippen LogP contribution >= 0.6 is 0 Å². The molecular formula is C16H14F2N2O5. The highest BCUT2D eigenvalue weighted by molar-refractivity contribution is 5.92. The first kappa shape index (κ1) is 18.1. The predicted molar refractivity (Wildman–Crippen MR) is 83.4 cm³/mol. The first-order valence-electron chi connectivity index (χ1n) is 7.10. The molecule has 1 N–H and O–H groups in total. The van der Waals surface area contributed by atoms with E-state index in [2.05, 4.69) is 10.1 Å². The minimum absolute atomic E-state index is 0.0484. The number of aromatic nitrogens is 1. The van der Waals surface area contributed by atoms with Crippen molar-refractivity contribution in [3.63, 3.8) is 0 Å². The lowest BCUT2D eigenvalue weighted by Crippen LogP contribution is -2.26. The number of ether oxygens (including phenoxy) is 2. The number of nitrogens with zero attached hydrogens (tertiary/aromatic N) is 1. The van der Waals surface area contributed by atoms with Gasteiger partial charge in [-0.1, -0.05) is 6.07 Å². The van der Waals surface area contributed by atoms with E-state index in [1.54, 1.807) is 6.07 Å². The Morgan fingerprint density at radius 3 is 2.48 bits per heavy atom. The largest absolute Gasteiger partial charge is 0.454 e. The Morgan fingerprint density at radius 2 is 1.84 bits per heavy atom. The Morgan fingerprint density at radius 1 is 1.12 bits per heavy atom. The van der Waals surface area contributed by atoms with Gasteiger partial charge in [-0.15, -0.1) is 0 Å². The molecule has 2 aromatic rings. The summed E-state index contributed by atoms with van der Waals surface area (Å²) in [7, 11) is 0. The van der Waals surface area contributed by atoms with Crippen LogP contribution in [0, 0.1) is 0 Å². The van der Waals surface area contributed by atoms with Gasteiger partial charge < -0.3 is 19.4 Å². The molecule has 0 saturated heterocycles.